The zero-order valence-electron chi connectivity index (χ0n) is 11.3. The molecular weight excluding hydrogens is 245 g/mol. The molecule has 4 nitrogen and oxygen atoms in total. The normalized spacial score (nSPS) is 16.4. The second kappa shape index (κ2) is 6.52. The van der Waals surface area contributed by atoms with Crippen molar-refractivity contribution >= 4 is 11.7 Å². The molecular formula is C14H21FN3O+. The van der Waals surface area contributed by atoms with Crippen molar-refractivity contribution in [1.82, 2.24) is 4.90 Å². The van der Waals surface area contributed by atoms with Gasteiger partial charge in [-0.05, 0) is 30.7 Å². The average Bonchev–Trinajstić information content (AvgIpc) is 2.42. The number of quaternary nitrogens is 1. The van der Waals surface area contributed by atoms with Gasteiger partial charge in [0.25, 0.3) is 0 Å². The van der Waals surface area contributed by atoms with Gasteiger partial charge in [0.2, 0.25) is 0 Å². The summed E-state index contributed by atoms with van der Waals surface area (Å²) in [6.45, 7) is 6.92. The van der Waals surface area contributed by atoms with Gasteiger partial charge >= 0.3 is 6.03 Å². The van der Waals surface area contributed by atoms with Crippen LogP contribution in [0.25, 0.3) is 0 Å². The van der Waals surface area contributed by atoms with Crippen LogP contribution in [0.5, 0.6) is 0 Å². The van der Waals surface area contributed by atoms with Crippen LogP contribution >= 0.6 is 0 Å². The second-order valence-corrected chi connectivity index (χ2v) is 4.92. The highest BCUT2D eigenvalue weighted by Gasteiger charge is 2.22. The topological polar surface area (TPSA) is 36.8 Å². The number of carbonyl (C=O) groups is 1. The number of nitrogens with zero attached hydrogens (tertiary/aromatic N) is 1. The number of piperazine rings is 1. The third-order valence-corrected chi connectivity index (χ3v) is 3.46. The number of anilines is 1. The Balaban J connectivity index is 1.83. The van der Waals surface area contributed by atoms with E-state index in [1.165, 1.54) is 25.1 Å². The molecule has 1 aromatic carbocycles. The molecule has 1 saturated heterocycles. The Hall–Kier alpha value is -1.62. The molecule has 0 unspecified atom stereocenters. The molecule has 1 aliphatic heterocycles. The van der Waals surface area contributed by atoms with E-state index in [-0.39, 0.29) is 11.8 Å². The van der Waals surface area contributed by atoms with E-state index in [2.05, 4.69) is 12.2 Å². The monoisotopic (exact) mass is 266 g/mol. The van der Waals surface area contributed by atoms with Crippen molar-refractivity contribution < 1.29 is 14.1 Å². The summed E-state index contributed by atoms with van der Waals surface area (Å²) in [5.74, 6) is -0.297. The Morgan fingerprint density at radius 2 is 1.95 bits per heavy atom. The highest BCUT2D eigenvalue weighted by molar-refractivity contribution is 5.89. The van der Waals surface area contributed by atoms with Crippen LogP contribution in [-0.4, -0.2) is 43.7 Å². The molecule has 1 fully saturated rings. The predicted molar refractivity (Wildman–Crippen MR) is 72.8 cm³/mol. The van der Waals surface area contributed by atoms with E-state index in [1.807, 2.05) is 4.90 Å². The molecule has 2 N–H and O–H groups in total. The van der Waals surface area contributed by atoms with Crippen molar-refractivity contribution in [2.45, 2.75) is 13.3 Å². The van der Waals surface area contributed by atoms with E-state index in [1.54, 1.807) is 17.0 Å². The van der Waals surface area contributed by atoms with Crippen LogP contribution in [0, 0.1) is 5.82 Å². The van der Waals surface area contributed by atoms with E-state index >= 15 is 0 Å². The van der Waals surface area contributed by atoms with Gasteiger partial charge in [0.1, 0.15) is 5.82 Å². The third kappa shape index (κ3) is 3.92. The Morgan fingerprint density at radius 3 is 2.53 bits per heavy atom. The molecule has 0 spiro atoms. The summed E-state index contributed by atoms with van der Waals surface area (Å²) in [6, 6.07) is 5.75. The molecule has 0 aromatic heterocycles. The number of hydrogen-bond donors (Lipinski definition) is 2. The van der Waals surface area contributed by atoms with Crippen LogP contribution in [0.15, 0.2) is 24.3 Å². The van der Waals surface area contributed by atoms with Crippen molar-refractivity contribution in [2.75, 3.05) is 38.0 Å². The molecule has 5 heteroatoms. The second-order valence-electron chi connectivity index (χ2n) is 4.92. The summed E-state index contributed by atoms with van der Waals surface area (Å²) in [6.07, 6.45) is 1.18. The molecule has 0 radical (unpaired) electrons. The summed E-state index contributed by atoms with van der Waals surface area (Å²) in [5.41, 5.74) is 0.634. The first-order valence-corrected chi connectivity index (χ1v) is 6.84. The van der Waals surface area contributed by atoms with Gasteiger partial charge < -0.3 is 15.1 Å². The fraction of sp³-hybridized carbons (Fsp3) is 0.500. The highest BCUT2D eigenvalue weighted by atomic mass is 19.1. The number of halogens is 1. The SMILES string of the molecule is CCC[NH+]1CCN(C(=O)Nc2ccc(F)cc2)CC1. The van der Waals surface area contributed by atoms with Gasteiger partial charge in [-0.25, -0.2) is 9.18 Å². The number of amides is 2. The smallest absolute Gasteiger partial charge is 0.322 e. The zero-order valence-corrected chi connectivity index (χ0v) is 11.3. The van der Waals surface area contributed by atoms with Crippen LogP contribution in [-0.2, 0) is 0 Å². The van der Waals surface area contributed by atoms with Gasteiger partial charge in [0, 0.05) is 5.69 Å². The molecule has 19 heavy (non-hydrogen) atoms. The number of benzene rings is 1. The van der Waals surface area contributed by atoms with Crippen molar-refractivity contribution in [3.63, 3.8) is 0 Å². The lowest BCUT2D eigenvalue weighted by molar-refractivity contribution is -0.904. The first-order valence-electron chi connectivity index (χ1n) is 6.84. The Kier molecular flexibility index (Phi) is 4.74. The highest BCUT2D eigenvalue weighted by Crippen LogP contribution is 2.09. The van der Waals surface area contributed by atoms with Crippen LogP contribution in [0.4, 0.5) is 14.9 Å². The van der Waals surface area contributed by atoms with E-state index in [0.29, 0.717) is 5.69 Å². The minimum Gasteiger partial charge on any atom is -0.332 e. The minimum absolute atomic E-state index is 0.0952. The largest absolute Gasteiger partial charge is 0.332 e. The number of urea groups is 1. The summed E-state index contributed by atoms with van der Waals surface area (Å²) < 4.78 is 12.8. The maximum Gasteiger partial charge on any atom is 0.322 e. The van der Waals surface area contributed by atoms with Crippen molar-refractivity contribution in [2.24, 2.45) is 0 Å². The number of hydrogen-bond acceptors (Lipinski definition) is 1. The number of rotatable bonds is 3. The number of nitrogens with one attached hydrogen (secondary N) is 2. The summed E-state index contributed by atoms with van der Waals surface area (Å²) in [7, 11) is 0. The molecule has 1 aliphatic rings. The van der Waals surface area contributed by atoms with Crippen molar-refractivity contribution in [3.05, 3.63) is 30.1 Å². The quantitative estimate of drug-likeness (QED) is 0.840. The standard InChI is InChI=1S/C14H20FN3O/c1-2-7-17-8-10-18(11-9-17)14(19)16-13-5-3-12(15)4-6-13/h3-6H,2,7-11H2,1H3,(H,16,19)/p+1. The van der Waals surface area contributed by atoms with Gasteiger partial charge in [-0.15, -0.1) is 0 Å². The summed E-state index contributed by atoms with van der Waals surface area (Å²) >= 11 is 0. The minimum atomic E-state index is -0.297. The molecule has 2 amide bonds. The number of carbonyl (C=O) groups excluding carboxylic acids is 1. The van der Waals surface area contributed by atoms with E-state index in [4.69, 9.17) is 0 Å². The molecule has 1 heterocycles. The fourth-order valence-corrected chi connectivity index (χ4v) is 2.37. The molecule has 0 saturated carbocycles. The Morgan fingerprint density at radius 1 is 1.32 bits per heavy atom. The van der Waals surface area contributed by atoms with Crippen LogP contribution in [0.3, 0.4) is 0 Å². The lowest BCUT2D eigenvalue weighted by atomic mass is 10.3. The molecule has 104 valence electrons. The van der Waals surface area contributed by atoms with Gasteiger partial charge in [0.15, 0.2) is 0 Å². The maximum atomic E-state index is 12.8. The Labute approximate surface area is 113 Å². The van der Waals surface area contributed by atoms with Crippen LogP contribution in [0.2, 0.25) is 0 Å². The summed E-state index contributed by atoms with van der Waals surface area (Å²) in [5, 5.41) is 2.80. The van der Waals surface area contributed by atoms with Crippen molar-refractivity contribution in [1.29, 1.82) is 0 Å². The van der Waals surface area contributed by atoms with E-state index in [9.17, 15) is 9.18 Å². The summed E-state index contributed by atoms with van der Waals surface area (Å²) in [4.78, 5) is 15.4. The molecule has 2 rings (SSSR count). The van der Waals surface area contributed by atoms with Gasteiger partial charge in [-0.2, -0.15) is 0 Å². The van der Waals surface area contributed by atoms with Gasteiger partial charge in [-0.3, -0.25) is 0 Å². The van der Waals surface area contributed by atoms with Crippen LogP contribution < -0.4 is 10.2 Å². The zero-order chi connectivity index (χ0) is 13.7. The lowest BCUT2D eigenvalue weighted by Crippen LogP contribution is -3.14. The van der Waals surface area contributed by atoms with Gasteiger partial charge in [-0.1, -0.05) is 6.92 Å². The average molecular weight is 266 g/mol. The van der Waals surface area contributed by atoms with E-state index in [0.717, 1.165) is 26.2 Å². The van der Waals surface area contributed by atoms with Crippen LogP contribution in [0.1, 0.15) is 13.3 Å². The fourth-order valence-electron chi connectivity index (χ4n) is 2.37. The third-order valence-electron chi connectivity index (χ3n) is 3.46. The molecule has 0 atom stereocenters. The molecule has 0 bridgehead atoms. The first-order chi connectivity index (χ1) is 9.19. The molecule has 1 aromatic rings. The lowest BCUT2D eigenvalue weighted by Gasteiger charge is -2.32. The molecule has 0 aliphatic carbocycles. The van der Waals surface area contributed by atoms with E-state index < -0.39 is 0 Å². The Bertz CT molecular complexity index is 413. The van der Waals surface area contributed by atoms with Gasteiger partial charge in [0.05, 0.1) is 32.7 Å². The van der Waals surface area contributed by atoms with Crippen molar-refractivity contribution in [3.8, 4) is 0 Å². The maximum absolute atomic E-state index is 12.8. The first kappa shape index (κ1) is 13.8. The predicted octanol–water partition coefficient (Wildman–Crippen LogP) is 0.968.